The number of rotatable bonds is 5. The largest absolute Gasteiger partial charge is 0.279 e. The summed E-state index contributed by atoms with van der Waals surface area (Å²) in [5.74, 6) is 0.0580. The molecule has 0 radical (unpaired) electrons. The highest BCUT2D eigenvalue weighted by atomic mass is 16.2. The van der Waals surface area contributed by atoms with Crippen LogP contribution in [0.1, 0.15) is 92.9 Å². The number of carbonyl (C=O) groups is 2. The number of hydrogen-bond donors (Lipinski definition) is 0. The summed E-state index contributed by atoms with van der Waals surface area (Å²) in [6, 6.07) is 4.92. The van der Waals surface area contributed by atoms with Crippen LogP contribution in [0.2, 0.25) is 0 Å². The van der Waals surface area contributed by atoms with Gasteiger partial charge in [0.1, 0.15) is 0 Å². The van der Waals surface area contributed by atoms with Crippen molar-refractivity contribution in [1.29, 1.82) is 0 Å². The fraction of sp³-hybridized carbons (Fsp3) is 0.615. The SMILES string of the molecule is CCCc1cc2c(cc1CCC)C1C=CC2C2C(=O)N(C3CCCCC3)C(=O)C12. The van der Waals surface area contributed by atoms with Crippen LogP contribution in [0.25, 0.3) is 0 Å². The minimum Gasteiger partial charge on any atom is -0.279 e. The molecule has 1 saturated carbocycles. The second-order valence-electron chi connectivity index (χ2n) is 9.58. The molecule has 3 nitrogen and oxygen atoms in total. The van der Waals surface area contributed by atoms with E-state index >= 15 is 0 Å². The molecule has 1 saturated heterocycles. The molecule has 29 heavy (non-hydrogen) atoms. The summed E-state index contributed by atoms with van der Waals surface area (Å²) in [5.41, 5.74) is 5.56. The number of nitrogens with zero attached hydrogens (tertiary/aromatic N) is 1. The van der Waals surface area contributed by atoms with Gasteiger partial charge in [-0.15, -0.1) is 0 Å². The standard InChI is InChI=1S/C26H33NO2/c1-3-8-16-14-21-19-12-13-20(22(21)15-17(16)9-4-2)24-23(19)25(28)27(26(24)29)18-10-6-5-7-11-18/h12-15,18-20,23-24H,3-11H2,1-2H3. The Balaban J connectivity index is 1.55. The highest BCUT2D eigenvalue weighted by Gasteiger charge is 2.59. The first-order valence-corrected chi connectivity index (χ1v) is 11.9. The molecular weight excluding hydrogens is 358 g/mol. The fourth-order valence-corrected chi connectivity index (χ4v) is 6.57. The molecule has 1 aromatic carbocycles. The molecule has 4 unspecified atom stereocenters. The zero-order valence-corrected chi connectivity index (χ0v) is 17.8. The molecule has 0 spiro atoms. The van der Waals surface area contributed by atoms with Gasteiger partial charge in [0, 0.05) is 17.9 Å². The summed E-state index contributed by atoms with van der Waals surface area (Å²) >= 11 is 0. The van der Waals surface area contributed by atoms with Crippen molar-refractivity contribution in [2.45, 2.75) is 89.5 Å². The van der Waals surface area contributed by atoms with E-state index in [1.165, 1.54) is 28.7 Å². The highest BCUT2D eigenvalue weighted by Crippen LogP contribution is 2.56. The van der Waals surface area contributed by atoms with E-state index in [0.717, 1.165) is 51.4 Å². The zero-order chi connectivity index (χ0) is 20.1. The Morgan fingerprint density at radius 2 is 1.28 bits per heavy atom. The lowest BCUT2D eigenvalue weighted by Crippen LogP contribution is -2.42. The smallest absolute Gasteiger partial charge is 0.234 e. The molecule has 0 N–H and O–H groups in total. The van der Waals surface area contributed by atoms with Gasteiger partial charge >= 0.3 is 0 Å². The van der Waals surface area contributed by atoms with Crippen molar-refractivity contribution >= 4 is 11.8 Å². The Bertz CT molecular complexity index is 803. The Morgan fingerprint density at radius 3 is 1.72 bits per heavy atom. The number of hydrogen-bond acceptors (Lipinski definition) is 2. The van der Waals surface area contributed by atoms with E-state index in [2.05, 4.69) is 38.1 Å². The number of aryl methyl sites for hydroxylation is 2. The summed E-state index contributed by atoms with van der Waals surface area (Å²) in [5, 5.41) is 0. The summed E-state index contributed by atoms with van der Waals surface area (Å²) < 4.78 is 0. The first-order valence-electron chi connectivity index (χ1n) is 11.9. The average molecular weight is 392 g/mol. The topological polar surface area (TPSA) is 37.4 Å². The Morgan fingerprint density at radius 1 is 0.793 bits per heavy atom. The van der Waals surface area contributed by atoms with Gasteiger partial charge < -0.3 is 0 Å². The summed E-state index contributed by atoms with van der Waals surface area (Å²) in [6.07, 6.45) is 14.4. The quantitative estimate of drug-likeness (QED) is 0.506. The van der Waals surface area contributed by atoms with Gasteiger partial charge in [0.05, 0.1) is 11.8 Å². The molecule has 3 heteroatoms. The third kappa shape index (κ3) is 2.84. The second-order valence-corrected chi connectivity index (χ2v) is 9.58. The van der Waals surface area contributed by atoms with Gasteiger partial charge in [0.15, 0.2) is 0 Å². The third-order valence-corrected chi connectivity index (χ3v) is 7.83. The van der Waals surface area contributed by atoms with Gasteiger partial charge in [-0.1, -0.05) is 70.2 Å². The van der Waals surface area contributed by atoms with Crippen LogP contribution in [0.15, 0.2) is 24.3 Å². The van der Waals surface area contributed by atoms with E-state index < -0.39 is 0 Å². The van der Waals surface area contributed by atoms with Crippen molar-refractivity contribution in [2.24, 2.45) is 11.8 Å². The van der Waals surface area contributed by atoms with E-state index in [1.54, 1.807) is 4.90 Å². The van der Waals surface area contributed by atoms with Crippen LogP contribution in [0, 0.1) is 11.8 Å². The molecule has 2 bridgehead atoms. The zero-order valence-electron chi connectivity index (χ0n) is 17.8. The molecule has 1 aromatic rings. The van der Waals surface area contributed by atoms with Gasteiger partial charge in [0.2, 0.25) is 11.8 Å². The van der Waals surface area contributed by atoms with Gasteiger partial charge in [-0.05, 0) is 47.9 Å². The minimum atomic E-state index is -0.168. The molecule has 0 aromatic heterocycles. The van der Waals surface area contributed by atoms with Crippen LogP contribution in [0.5, 0.6) is 0 Å². The van der Waals surface area contributed by atoms with Crippen LogP contribution in [0.4, 0.5) is 0 Å². The summed E-state index contributed by atoms with van der Waals surface area (Å²) in [7, 11) is 0. The number of likely N-dealkylation sites (tertiary alicyclic amines) is 1. The van der Waals surface area contributed by atoms with Gasteiger partial charge in [-0.3, -0.25) is 14.5 Å². The summed E-state index contributed by atoms with van der Waals surface area (Å²) in [6.45, 7) is 4.47. The fourth-order valence-electron chi connectivity index (χ4n) is 6.57. The predicted octanol–water partition coefficient (Wildman–Crippen LogP) is 5.28. The molecule has 6 rings (SSSR count). The number of benzene rings is 1. The Hall–Kier alpha value is -1.90. The van der Waals surface area contributed by atoms with Crippen molar-refractivity contribution < 1.29 is 9.59 Å². The molecule has 4 atom stereocenters. The Kier molecular flexibility index (Phi) is 4.88. The van der Waals surface area contributed by atoms with Crippen LogP contribution in [-0.2, 0) is 22.4 Å². The second kappa shape index (κ2) is 7.41. The lowest BCUT2D eigenvalue weighted by atomic mass is 9.60. The van der Waals surface area contributed by atoms with Crippen LogP contribution in [-0.4, -0.2) is 22.8 Å². The first kappa shape index (κ1) is 19.1. The maximum atomic E-state index is 13.5. The molecule has 154 valence electrons. The van der Waals surface area contributed by atoms with E-state index in [-0.39, 0.29) is 41.5 Å². The molecule has 2 amide bonds. The van der Waals surface area contributed by atoms with E-state index in [9.17, 15) is 9.59 Å². The maximum Gasteiger partial charge on any atom is 0.234 e. The molecule has 1 aliphatic heterocycles. The van der Waals surface area contributed by atoms with Crippen molar-refractivity contribution in [3.63, 3.8) is 0 Å². The van der Waals surface area contributed by atoms with E-state index in [4.69, 9.17) is 0 Å². The summed E-state index contributed by atoms with van der Waals surface area (Å²) in [4.78, 5) is 28.7. The van der Waals surface area contributed by atoms with Crippen LogP contribution < -0.4 is 0 Å². The normalized spacial score (nSPS) is 30.8. The predicted molar refractivity (Wildman–Crippen MR) is 115 cm³/mol. The average Bonchev–Trinajstić information content (AvgIpc) is 3.02. The molecule has 5 aliphatic rings. The Labute approximate surface area is 174 Å². The van der Waals surface area contributed by atoms with Crippen molar-refractivity contribution in [1.82, 2.24) is 4.90 Å². The molecule has 2 fully saturated rings. The number of allylic oxidation sites excluding steroid dienone is 2. The van der Waals surface area contributed by atoms with Crippen molar-refractivity contribution in [3.8, 4) is 0 Å². The van der Waals surface area contributed by atoms with Crippen LogP contribution in [0.3, 0.4) is 0 Å². The van der Waals surface area contributed by atoms with Crippen molar-refractivity contribution in [3.05, 3.63) is 46.5 Å². The molecule has 1 heterocycles. The lowest BCUT2D eigenvalue weighted by molar-refractivity contribution is -0.143. The first-order chi connectivity index (χ1) is 14.2. The van der Waals surface area contributed by atoms with Gasteiger partial charge in [-0.25, -0.2) is 0 Å². The third-order valence-electron chi connectivity index (χ3n) is 7.83. The van der Waals surface area contributed by atoms with E-state index in [0.29, 0.717) is 0 Å². The molecule has 4 aliphatic carbocycles. The number of imide groups is 1. The van der Waals surface area contributed by atoms with E-state index in [1.807, 2.05) is 0 Å². The van der Waals surface area contributed by atoms with Crippen LogP contribution >= 0.6 is 0 Å². The number of amides is 2. The molecular formula is C26H33NO2. The highest BCUT2D eigenvalue weighted by molar-refractivity contribution is 6.07. The minimum absolute atomic E-state index is 0.0799. The van der Waals surface area contributed by atoms with Gasteiger partial charge in [0.25, 0.3) is 0 Å². The maximum absolute atomic E-state index is 13.5. The number of carbonyl (C=O) groups excluding carboxylic acids is 2. The van der Waals surface area contributed by atoms with Crippen molar-refractivity contribution in [2.75, 3.05) is 0 Å². The lowest BCUT2D eigenvalue weighted by Gasteiger charge is -2.41. The monoisotopic (exact) mass is 391 g/mol. The van der Waals surface area contributed by atoms with Gasteiger partial charge in [-0.2, -0.15) is 0 Å².